The molecule has 0 aliphatic carbocycles. The van der Waals surface area contributed by atoms with E-state index in [0.717, 1.165) is 6.54 Å². The van der Waals surface area contributed by atoms with E-state index >= 15 is 0 Å². The van der Waals surface area contributed by atoms with Gasteiger partial charge in [0.05, 0.1) is 22.9 Å². The van der Waals surface area contributed by atoms with Gasteiger partial charge < -0.3 is 15.1 Å². The van der Waals surface area contributed by atoms with Crippen molar-refractivity contribution in [2.75, 3.05) is 18.0 Å². The van der Waals surface area contributed by atoms with Crippen LogP contribution < -0.4 is 4.90 Å². The highest BCUT2D eigenvalue weighted by molar-refractivity contribution is 6.31. The lowest BCUT2D eigenvalue weighted by Gasteiger charge is -2.29. The highest BCUT2D eigenvalue weighted by atomic mass is 35.5. The number of aliphatic hydroxyl groups excluding tert-OH is 1. The average Bonchev–Trinajstić information content (AvgIpc) is 2.25. The molecule has 0 aliphatic heterocycles. The first-order valence-electron chi connectivity index (χ1n) is 5.61. The van der Waals surface area contributed by atoms with Crippen LogP contribution in [0.25, 0.3) is 0 Å². The van der Waals surface area contributed by atoms with Crippen LogP contribution in [-0.4, -0.2) is 33.9 Å². The van der Waals surface area contributed by atoms with E-state index < -0.39 is 5.60 Å². The third-order valence-corrected chi connectivity index (χ3v) is 2.68. The third-order valence-electron chi connectivity index (χ3n) is 2.34. The fourth-order valence-electron chi connectivity index (χ4n) is 1.58. The average molecular weight is 259 g/mol. The molecule has 96 valence electrons. The van der Waals surface area contributed by atoms with Crippen LogP contribution in [0.4, 0.5) is 5.82 Å². The highest BCUT2D eigenvalue weighted by Crippen LogP contribution is 2.20. The molecule has 0 saturated carbocycles. The van der Waals surface area contributed by atoms with Gasteiger partial charge in [-0.05, 0) is 32.9 Å². The monoisotopic (exact) mass is 258 g/mol. The number of likely N-dealkylation sites (N-methyl/N-ethyl adjacent to an activating group) is 1. The molecule has 0 atom stereocenters. The number of anilines is 1. The summed E-state index contributed by atoms with van der Waals surface area (Å²) in [5.41, 5.74) is -0.338. The van der Waals surface area contributed by atoms with Crippen molar-refractivity contribution in [3.05, 3.63) is 22.8 Å². The lowest BCUT2D eigenvalue weighted by atomic mass is 10.1. The molecule has 1 heterocycles. The Morgan fingerprint density at radius 1 is 1.41 bits per heavy atom. The minimum atomic E-state index is -0.795. The predicted molar refractivity (Wildman–Crippen MR) is 69.4 cm³/mol. The van der Waals surface area contributed by atoms with Crippen molar-refractivity contribution in [1.29, 1.82) is 0 Å². The van der Waals surface area contributed by atoms with Crippen LogP contribution in [0.5, 0.6) is 0 Å². The van der Waals surface area contributed by atoms with Crippen LogP contribution in [0.15, 0.2) is 12.1 Å². The summed E-state index contributed by atoms with van der Waals surface area (Å²) in [6.45, 7) is 6.50. The maximum Gasteiger partial charge on any atom is 0.129 e. The number of hydrogen-bond donors (Lipinski definition) is 2. The number of pyridine rings is 1. The predicted octanol–water partition coefficient (Wildman–Crippen LogP) is 1.82. The van der Waals surface area contributed by atoms with E-state index in [2.05, 4.69) is 4.98 Å². The lowest BCUT2D eigenvalue weighted by molar-refractivity contribution is 0.0874. The van der Waals surface area contributed by atoms with E-state index in [4.69, 9.17) is 16.7 Å². The molecule has 1 aromatic heterocycles. The van der Waals surface area contributed by atoms with Crippen molar-refractivity contribution in [1.82, 2.24) is 4.98 Å². The van der Waals surface area contributed by atoms with Crippen LogP contribution in [0.3, 0.4) is 0 Å². The van der Waals surface area contributed by atoms with Gasteiger partial charge in [-0.15, -0.1) is 0 Å². The normalized spacial score (nSPS) is 11.6. The maximum absolute atomic E-state index is 9.82. The Morgan fingerprint density at radius 3 is 2.53 bits per heavy atom. The number of halogens is 1. The molecule has 4 nitrogen and oxygen atoms in total. The Balaban J connectivity index is 2.96. The van der Waals surface area contributed by atoms with E-state index in [1.54, 1.807) is 26.0 Å². The maximum atomic E-state index is 9.82. The van der Waals surface area contributed by atoms with E-state index in [-0.39, 0.29) is 6.61 Å². The van der Waals surface area contributed by atoms with Crippen LogP contribution in [0.1, 0.15) is 26.5 Å². The Labute approximate surface area is 107 Å². The van der Waals surface area contributed by atoms with E-state index in [9.17, 15) is 5.11 Å². The first-order valence-corrected chi connectivity index (χ1v) is 5.98. The molecule has 0 aliphatic rings. The second kappa shape index (κ2) is 5.67. The van der Waals surface area contributed by atoms with Gasteiger partial charge in [0.2, 0.25) is 0 Å². The Kier molecular flexibility index (Phi) is 4.74. The summed E-state index contributed by atoms with van der Waals surface area (Å²) in [5, 5.41) is 19.4. The summed E-state index contributed by atoms with van der Waals surface area (Å²) < 4.78 is 0. The summed E-state index contributed by atoms with van der Waals surface area (Å²) in [5.74, 6) is 0.711. The second-order valence-corrected chi connectivity index (χ2v) is 4.99. The zero-order valence-electron chi connectivity index (χ0n) is 10.4. The van der Waals surface area contributed by atoms with Gasteiger partial charge in [-0.3, -0.25) is 0 Å². The molecule has 5 heteroatoms. The Hall–Kier alpha value is -0.840. The number of aromatic nitrogens is 1. The molecular weight excluding hydrogens is 240 g/mol. The molecule has 1 rings (SSSR count). The quantitative estimate of drug-likeness (QED) is 0.846. The molecule has 1 aromatic rings. The summed E-state index contributed by atoms with van der Waals surface area (Å²) in [4.78, 5) is 6.22. The molecule has 0 amide bonds. The van der Waals surface area contributed by atoms with Gasteiger partial charge in [0.15, 0.2) is 0 Å². The molecule has 2 N–H and O–H groups in total. The van der Waals surface area contributed by atoms with Gasteiger partial charge in [0.1, 0.15) is 5.82 Å². The van der Waals surface area contributed by atoms with Crippen LogP contribution >= 0.6 is 11.6 Å². The lowest BCUT2D eigenvalue weighted by Crippen LogP contribution is -2.39. The van der Waals surface area contributed by atoms with Gasteiger partial charge in [0.25, 0.3) is 0 Å². The van der Waals surface area contributed by atoms with Crippen molar-refractivity contribution in [2.45, 2.75) is 33.0 Å². The number of rotatable bonds is 5. The third kappa shape index (κ3) is 4.15. The molecule has 0 saturated heterocycles. The van der Waals surface area contributed by atoms with Crippen molar-refractivity contribution in [3.8, 4) is 0 Å². The van der Waals surface area contributed by atoms with E-state index in [1.165, 1.54) is 0 Å². The van der Waals surface area contributed by atoms with Crippen LogP contribution in [0, 0.1) is 0 Å². The molecule has 0 radical (unpaired) electrons. The summed E-state index contributed by atoms with van der Waals surface area (Å²) in [6.07, 6.45) is 0. The topological polar surface area (TPSA) is 56.6 Å². The van der Waals surface area contributed by atoms with E-state index in [0.29, 0.717) is 23.1 Å². The van der Waals surface area contributed by atoms with Gasteiger partial charge in [-0.2, -0.15) is 0 Å². The van der Waals surface area contributed by atoms with Crippen LogP contribution in [0.2, 0.25) is 5.02 Å². The van der Waals surface area contributed by atoms with Crippen molar-refractivity contribution in [2.24, 2.45) is 0 Å². The van der Waals surface area contributed by atoms with Crippen molar-refractivity contribution >= 4 is 17.4 Å². The molecular formula is C12H19ClN2O2. The van der Waals surface area contributed by atoms with Crippen molar-refractivity contribution < 1.29 is 10.2 Å². The highest BCUT2D eigenvalue weighted by Gasteiger charge is 2.18. The van der Waals surface area contributed by atoms with Gasteiger partial charge in [-0.25, -0.2) is 4.98 Å². The summed E-state index contributed by atoms with van der Waals surface area (Å²) >= 11 is 5.89. The SMILES string of the molecule is CCN(CC(C)(C)O)c1ccc(Cl)c(CO)n1. The second-order valence-electron chi connectivity index (χ2n) is 4.58. The molecule has 0 spiro atoms. The van der Waals surface area contributed by atoms with Crippen molar-refractivity contribution in [3.63, 3.8) is 0 Å². The number of hydrogen-bond acceptors (Lipinski definition) is 4. The molecule has 0 bridgehead atoms. The fraction of sp³-hybridized carbons (Fsp3) is 0.583. The summed E-state index contributed by atoms with van der Waals surface area (Å²) in [7, 11) is 0. The van der Waals surface area contributed by atoms with Gasteiger partial charge in [-0.1, -0.05) is 11.6 Å². The largest absolute Gasteiger partial charge is 0.390 e. The van der Waals surface area contributed by atoms with Gasteiger partial charge in [0, 0.05) is 13.1 Å². The first-order chi connectivity index (χ1) is 7.87. The molecule has 17 heavy (non-hydrogen) atoms. The standard InChI is InChI=1S/C12H19ClN2O2/c1-4-15(8-12(2,3)17)11-6-5-9(13)10(7-16)14-11/h5-6,16-17H,4,7-8H2,1-3H3. The Bertz CT molecular complexity index is 377. The minimum Gasteiger partial charge on any atom is -0.390 e. The molecule has 0 fully saturated rings. The molecule has 0 aromatic carbocycles. The smallest absolute Gasteiger partial charge is 0.129 e. The zero-order chi connectivity index (χ0) is 13.1. The van der Waals surface area contributed by atoms with Crippen LogP contribution in [-0.2, 0) is 6.61 Å². The molecule has 0 unspecified atom stereocenters. The first kappa shape index (κ1) is 14.2. The fourth-order valence-corrected chi connectivity index (χ4v) is 1.75. The zero-order valence-corrected chi connectivity index (χ0v) is 11.2. The number of aliphatic hydroxyl groups is 2. The minimum absolute atomic E-state index is 0.188. The Morgan fingerprint density at radius 2 is 2.06 bits per heavy atom. The van der Waals surface area contributed by atoms with E-state index in [1.807, 2.05) is 11.8 Å². The summed E-state index contributed by atoms with van der Waals surface area (Å²) in [6, 6.07) is 3.50. The van der Waals surface area contributed by atoms with Gasteiger partial charge >= 0.3 is 0 Å². The number of nitrogens with zero attached hydrogens (tertiary/aromatic N) is 2.